The van der Waals surface area contributed by atoms with Crippen molar-refractivity contribution in [2.24, 2.45) is 34.5 Å². The third-order valence-electron chi connectivity index (χ3n) is 7.36. The lowest BCUT2D eigenvalue weighted by Gasteiger charge is -2.61. The van der Waals surface area contributed by atoms with Gasteiger partial charge < -0.3 is 15.3 Å². The number of aliphatic carboxylic acids is 1. The molecule has 3 aliphatic rings. The highest BCUT2D eigenvalue weighted by molar-refractivity contribution is 5.74. The Hall–Kier alpha value is -0.870. The molecule has 0 saturated heterocycles. The molecule has 2 fully saturated rings. The van der Waals surface area contributed by atoms with Gasteiger partial charge in [0.1, 0.15) is 0 Å². The van der Waals surface area contributed by atoms with E-state index < -0.39 is 24.1 Å². The maximum atomic E-state index is 11.8. The summed E-state index contributed by atoms with van der Waals surface area (Å²) in [6.45, 7) is 8.33. The molecule has 0 aliphatic heterocycles. The fourth-order valence-electron chi connectivity index (χ4n) is 6.14. The van der Waals surface area contributed by atoms with Gasteiger partial charge in [-0.2, -0.15) is 0 Å². The number of carbonyl (C=O) groups is 1. The van der Waals surface area contributed by atoms with Crippen molar-refractivity contribution in [3.05, 3.63) is 11.6 Å². The van der Waals surface area contributed by atoms with E-state index in [0.29, 0.717) is 6.42 Å². The molecule has 23 heavy (non-hydrogen) atoms. The summed E-state index contributed by atoms with van der Waals surface area (Å²) in [5.41, 5.74) is 0.574. The van der Waals surface area contributed by atoms with E-state index in [1.54, 1.807) is 0 Å². The molecule has 0 aromatic heterocycles. The molecule has 3 rings (SSSR count). The van der Waals surface area contributed by atoms with Gasteiger partial charge in [0.2, 0.25) is 0 Å². The van der Waals surface area contributed by atoms with E-state index in [1.165, 1.54) is 0 Å². The third kappa shape index (κ3) is 2.29. The van der Waals surface area contributed by atoms with Crippen molar-refractivity contribution in [2.45, 2.75) is 65.6 Å². The molecule has 130 valence electrons. The van der Waals surface area contributed by atoms with Gasteiger partial charge in [-0.1, -0.05) is 39.3 Å². The minimum absolute atomic E-state index is 0.139. The highest BCUT2D eigenvalue weighted by Gasteiger charge is 2.60. The first-order valence-electron chi connectivity index (χ1n) is 8.89. The summed E-state index contributed by atoms with van der Waals surface area (Å²) in [6, 6.07) is 0. The number of fused-ring (bicyclic) bond motifs is 3. The predicted octanol–water partition coefficient (Wildman–Crippen LogP) is 2.84. The van der Waals surface area contributed by atoms with Gasteiger partial charge in [0.25, 0.3) is 0 Å². The van der Waals surface area contributed by atoms with Gasteiger partial charge in [-0.05, 0) is 54.3 Å². The molecule has 4 heteroatoms. The van der Waals surface area contributed by atoms with Gasteiger partial charge in [0, 0.05) is 0 Å². The predicted molar refractivity (Wildman–Crippen MR) is 87.7 cm³/mol. The molecule has 0 bridgehead atoms. The minimum Gasteiger partial charge on any atom is -0.481 e. The van der Waals surface area contributed by atoms with Crippen molar-refractivity contribution in [2.75, 3.05) is 0 Å². The average Bonchev–Trinajstić information content (AvgIpc) is 2.44. The van der Waals surface area contributed by atoms with Crippen LogP contribution in [-0.2, 0) is 4.79 Å². The average molecular weight is 322 g/mol. The van der Waals surface area contributed by atoms with Crippen LogP contribution in [-0.4, -0.2) is 33.5 Å². The fourth-order valence-corrected chi connectivity index (χ4v) is 6.14. The van der Waals surface area contributed by atoms with Crippen LogP contribution in [0.3, 0.4) is 0 Å². The summed E-state index contributed by atoms with van der Waals surface area (Å²) in [5, 5.41) is 30.6. The van der Waals surface area contributed by atoms with E-state index in [4.69, 9.17) is 0 Å². The molecule has 0 aromatic rings. The number of hydrogen-bond acceptors (Lipinski definition) is 3. The molecule has 7 atom stereocenters. The number of allylic oxidation sites excluding steroid dienone is 1. The maximum absolute atomic E-state index is 11.8. The number of aliphatic hydroxyl groups is 2. The van der Waals surface area contributed by atoms with E-state index in [9.17, 15) is 20.1 Å². The standard InChI is InChI=1S/C19H30O4/c1-10-5-7-12-11(15(10)17(22)23)6-8-14-18(2,3)16(21)13(20)9-19(12,14)4/h6,10,12-16,20-21H,5,7-9H2,1-4H3,(H,22,23)/t10-,12+,13-,14-,15+,16-,19-/m1/s1. The number of hydrogen-bond donors (Lipinski definition) is 3. The molecule has 2 saturated carbocycles. The highest BCUT2D eigenvalue weighted by atomic mass is 16.4. The summed E-state index contributed by atoms with van der Waals surface area (Å²) in [6.07, 6.45) is 3.97. The quantitative estimate of drug-likeness (QED) is 0.649. The van der Waals surface area contributed by atoms with Crippen LogP contribution in [0, 0.1) is 34.5 Å². The molecule has 4 nitrogen and oxygen atoms in total. The largest absolute Gasteiger partial charge is 0.481 e. The van der Waals surface area contributed by atoms with Gasteiger partial charge in [0.05, 0.1) is 18.1 Å². The Labute approximate surface area is 138 Å². The Morgan fingerprint density at radius 2 is 1.87 bits per heavy atom. The normalized spacial score (nSPS) is 48.9. The molecule has 0 radical (unpaired) electrons. The smallest absolute Gasteiger partial charge is 0.310 e. The molecule has 0 spiro atoms. The molecule has 3 N–H and O–H groups in total. The number of carboxylic acid groups (broad SMARTS) is 1. The molecule has 3 aliphatic carbocycles. The van der Waals surface area contributed by atoms with Crippen molar-refractivity contribution in [3.8, 4) is 0 Å². The number of rotatable bonds is 1. The Morgan fingerprint density at radius 3 is 2.48 bits per heavy atom. The summed E-state index contributed by atoms with van der Waals surface area (Å²) < 4.78 is 0. The lowest BCUT2D eigenvalue weighted by Crippen LogP contribution is -2.60. The molecular formula is C19H30O4. The van der Waals surface area contributed by atoms with Crippen molar-refractivity contribution in [1.82, 2.24) is 0 Å². The first kappa shape index (κ1) is 17.0. The first-order chi connectivity index (χ1) is 10.6. The summed E-state index contributed by atoms with van der Waals surface area (Å²) in [7, 11) is 0. The van der Waals surface area contributed by atoms with Crippen LogP contribution in [0.4, 0.5) is 0 Å². The molecule has 0 amide bonds. The zero-order valence-corrected chi connectivity index (χ0v) is 14.6. The van der Waals surface area contributed by atoms with Crippen LogP contribution in [0.25, 0.3) is 0 Å². The second kappa shape index (κ2) is 5.32. The molecule has 0 heterocycles. The zero-order chi connectivity index (χ0) is 17.2. The van der Waals surface area contributed by atoms with Crippen LogP contribution in [0.5, 0.6) is 0 Å². The summed E-state index contributed by atoms with van der Waals surface area (Å²) >= 11 is 0. The molecule has 0 aromatic carbocycles. The third-order valence-corrected chi connectivity index (χ3v) is 7.36. The van der Waals surface area contributed by atoms with E-state index >= 15 is 0 Å². The molecular weight excluding hydrogens is 292 g/mol. The minimum atomic E-state index is -0.728. The van der Waals surface area contributed by atoms with E-state index in [-0.39, 0.29) is 28.6 Å². The summed E-state index contributed by atoms with van der Waals surface area (Å²) in [5.74, 6) is -0.461. The van der Waals surface area contributed by atoms with Crippen molar-refractivity contribution in [1.29, 1.82) is 0 Å². The molecule has 0 unspecified atom stereocenters. The first-order valence-corrected chi connectivity index (χ1v) is 8.89. The number of aliphatic hydroxyl groups excluding tert-OH is 2. The van der Waals surface area contributed by atoms with E-state index in [2.05, 4.69) is 13.0 Å². The lowest BCUT2D eigenvalue weighted by atomic mass is 9.44. The Morgan fingerprint density at radius 1 is 1.22 bits per heavy atom. The summed E-state index contributed by atoms with van der Waals surface area (Å²) in [4.78, 5) is 11.8. The van der Waals surface area contributed by atoms with Crippen LogP contribution >= 0.6 is 0 Å². The number of carboxylic acids is 1. The lowest BCUT2D eigenvalue weighted by molar-refractivity contribution is -0.178. The maximum Gasteiger partial charge on any atom is 0.310 e. The van der Waals surface area contributed by atoms with Gasteiger partial charge in [-0.15, -0.1) is 0 Å². The van der Waals surface area contributed by atoms with Gasteiger partial charge in [-0.3, -0.25) is 4.79 Å². The van der Waals surface area contributed by atoms with Crippen LogP contribution in [0.2, 0.25) is 0 Å². The van der Waals surface area contributed by atoms with Crippen LogP contribution < -0.4 is 0 Å². The second-order valence-electron chi connectivity index (χ2n) is 8.96. The SMILES string of the molecule is C[C@@H]1CC[C@H]2C(=CC[C@@H]3C(C)(C)[C@H](O)[C@H](O)C[C@@]32C)[C@H]1C(=O)O. The topological polar surface area (TPSA) is 77.8 Å². The zero-order valence-electron chi connectivity index (χ0n) is 14.6. The van der Waals surface area contributed by atoms with Crippen LogP contribution in [0.15, 0.2) is 11.6 Å². The Balaban J connectivity index is 2.05. The Kier molecular flexibility index (Phi) is 3.92. The monoisotopic (exact) mass is 322 g/mol. The van der Waals surface area contributed by atoms with E-state index in [1.807, 2.05) is 20.8 Å². The van der Waals surface area contributed by atoms with Crippen LogP contribution in [0.1, 0.15) is 53.4 Å². The highest BCUT2D eigenvalue weighted by Crippen LogP contribution is 2.63. The Bertz CT molecular complexity index is 537. The van der Waals surface area contributed by atoms with Gasteiger partial charge >= 0.3 is 5.97 Å². The van der Waals surface area contributed by atoms with E-state index in [0.717, 1.165) is 24.8 Å². The van der Waals surface area contributed by atoms with Gasteiger partial charge in [0.15, 0.2) is 0 Å². The van der Waals surface area contributed by atoms with Gasteiger partial charge in [-0.25, -0.2) is 0 Å². The fraction of sp³-hybridized carbons (Fsp3) is 0.842. The van der Waals surface area contributed by atoms with Crippen molar-refractivity contribution < 1.29 is 20.1 Å². The van der Waals surface area contributed by atoms with Crippen molar-refractivity contribution in [3.63, 3.8) is 0 Å². The van der Waals surface area contributed by atoms with Crippen molar-refractivity contribution >= 4 is 5.97 Å². The second-order valence-corrected chi connectivity index (χ2v) is 8.96.